The molecular formula is C13H20N2O3. The van der Waals surface area contributed by atoms with Gasteiger partial charge in [0.15, 0.2) is 0 Å². The van der Waals surface area contributed by atoms with Gasteiger partial charge in [0.1, 0.15) is 5.76 Å². The number of carboxylic acids is 1. The number of furan rings is 1. The predicted molar refractivity (Wildman–Crippen MR) is 67.8 cm³/mol. The van der Waals surface area contributed by atoms with Crippen LogP contribution in [0.5, 0.6) is 0 Å². The van der Waals surface area contributed by atoms with E-state index in [0.717, 1.165) is 13.1 Å². The van der Waals surface area contributed by atoms with Crippen molar-refractivity contribution in [3.8, 4) is 0 Å². The Morgan fingerprint density at radius 2 is 2.22 bits per heavy atom. The standard InChI is InChI=1S/C13H20N2O3/c1-10(11-4-5-12(18-11)13(16)17)14-6-9-15-7-2-3-8-15/h4-5,10,14H,2-3,6-9H2,1H3,(H,16,17). The number of nitrogens with zero attached hydrogens (tertiary/aromatic N) is 1. The van der Waals surface area contributed by atoms with Crippen LogP contribution in [-0.2, 0) is 0 Å². The Labute approximate surface area is 107 Å². The van der Waals surface area contributed by atoms with Crippen LogP contribution in [0, 0.1) is 0 Å². The van der Waals surface area contributed by atoms with Gasteiger partial charge in [0, 0.05) is 13.1 Å². The largest absolute Gasteiger partial charge is 0.475 e. The van der Waals surface area contributed by atoms with Crippen LogP contribution in [0.25, 0.3) is 0 Å². The van der Waals surface area contributed by atoms with Gasteiger partial charge in [0.2, 0.25) is 5.76 Å². The van der Waals surface area contributed by atoms with Gasteiger partial charge in [-0.25, -0.2) is 4.79 Å². The third kappa shape index (κ3) is 3.34. The number of carbonyl (C=O) groups is 1. The number of likely N-dealkylation sites (tertiary alicyclic amines) is 1. The Kier molecular flexibility index (Phi) is 4.38. The average molecular weight is 252 g/mol. The quantitative estimate of drug-likeness (QED) is 0.807. The molecule has 5 nitrogen and oxygen atoms in total. The molecule has 0 aliphatic carbocycles. The van der Waals surface area contributed by atoms with E-state index in [1.54, 1.807) is 6.07 Å². The first-order chi connectivity index (χ1) is 8.66. The number of nitrogens with one attached hydrogen (secondary N) is 1. The molecule has 2 N–H and O–H groups in total. The molecule has 1 saturated heterocycles. The van der Waals surface area contributed by atoms with E-state index in [4.69, 9.17) is 9.52 Å². The van der Waals surface area contributed by atoms with Gasteiger partial charge in [-0.05, 0) is 45.0 Å². The van der Waals surface area contributed by atoms with Crippen LogP contribution in [0.2, 0.25) is 0 Å². The highest BCUT2D eigenvalue weighted by molar-refractivity contribution is 5.84. The summed E-state index contributed by atoms with van der Waals surface area (Å²) in [7, 11) is 0. The smallest absolute Gasteiger partial charge is 0.371 e. The van der Waals surface area contributed by atoms with Crippen molar-refractivity contribution in [1.29, 1.82) is 0 Å². The molecule has 1 aromatic heterocycles. The normalized spacial score (nSPS) is 18.1. The molecule has 0 bridgehead atoms. The van der Waals surface area contributed by atoms with Gasteiger partial charge in [-0.15, -0.1) is 0 Å². The molecule has 0 saturated carbocycles. The van der Waals surface area contributed by atoms with Crippen LogP contribution in [0.4, 0.5) is 0 Å². The molecule has 0 amide bonds. The lowest BCUT2D eigenvalue weighted by Gasteiger charge is -2.17. The lowest BCUT2D eigenvalue weighted by atomic mass is 10.2. The molecule has 1 aromatic rings. The molecule has 0 aromatic carbocycles. The molecular weight excluding hydrogens is 232 g/mol. The minimum Gasteiger partial charge on any atom is -0.475 e. The maximum Gasteiger partial charge on any atom is 0.371 e. The number of carboxylic acid groups (broad SMARTS) is 1. The Morgan fingerprint density at radius 1 is 1.50 bits per heavy atom. The highest BCUT2D eigenvalue weighted by atomic mass is 16.4. The van der Waals surface area contributed by atoms with Gasteiger partial charge in [-0.2, -0.15) is 0 Å². The zero-order chi connectivity index (χ0) is 13.0. The second kappa shape index (κ2) is 6.02. The van der Waals surface area contributed by atoms with Gasteiger partial charge in [0.05, 0.1) is 6.04 Å². The molecule has 1 atom stereocenters. The molecule has 100 valence electrons. The lowest BCUT2D eigenvalue weighted by Crippen LogP contribution is -2.31. The molecule has 1 aliphatic heterocycles. The van der Waals surface area contributed by atoms with E-state index in [2.05, 4.69) is 10.2 Å². The molecule has 1 aliphatic rings. The monoisotopic (exact) mass is 252 g/mol. The van der Waals surface area contributed by atoms with Gasteiger partial charge >= 0.3 is 5.97 Å². The van der Waals surface area contributed by atoms with Crippen LogP contribution in [0.1, 0.15) is 42.1 Å². The molecule has 0 radical (unpaired) electrons. The molecule has 1 unspecified atom stereocenters. The minimum atomic E-state index is -1.02. The number of hydrogen-bond acceptors (Lipinski definition) is 4. The van der Waals surface area contributed by atoms with E-state index in [-0.39, 0.29) is 11.8 Å². The first-order valence-electron chi connectivity index (χ1n) is 6.45. The second-order valence-electron chi connectivity index (χ2n) is 4.73. The first-order valence-corrected chi connectivity index (χ1v) is 6.45. The van der Waals surface area contributed by atoms with E-state index in [0.29, 0.717) is 5.76 Å². The van der Waals surface area contributed by atoms with Crippen LogP contribution in [0.15, 0.2) is 16.5 Å². The lowest BCUT2D eigenvalue weighted by molar-refractivity contribution is 0.0659. The van der Waals surface area contributed by atoms with Crippen molar-refractivity contribution in [2.24, 2.45) is 0 Å². The van der Waals surface area contributed by atoms with Gasteiger partial charge in [-0.3, -0.25) is 0 Å². The first kappa shape index (κ1) is 13.1. The van der Waals surface area contributed by atoms with Crippen molar-refractivity contribution < 1.29 is 14.3 Å². The zero-order valence-corrected chi connectivity index (χ0v) is 10.7. The Morgan fingerprint density at radius 3 is 2.83 bits per heavy atom. The van der Waals surface area contributed by atoms with Crippen LogP contribution >= 0.6 is 0 Å². The van der Waals surface area contributed by atoms with Crippen molar-refractivity contribution in [3.05, 3.63) is 23.7 Å². The van der Waals surface area contributed by atoms with E-state index in [1.807, 2.05) is 6.92 Å². The third-order valence-electron chi connectivity index (χ3n) is 3.34. The van der Waals surface area contributed by atoms with Crippen molar-refractivity contribution in [1.82, 2.24) is 10.2 Å². The summed E-state index contributed by atoms with van der Waals surface area (Å²) in [5.74, 6) is -0.350. The highest BCUT2D eigenvalue weighted by Crippen LogP contribution is 2.16. The molecule has 18 heavy (non-hydrogen) atoms. The summed E-state index contributed by atoms with van der Waals surface area (Å²) in [6.07, 6.45) is 2.60. The maximum atomic E-state index is 10.7. The number of hydrogen-bond donors (Lipinski definition) is 2. The summed E-state index contributed by atoms with van der Waals surface area (Å²) < 4.78 is 5.25. The maximum absolute atomic E-state index is 10.7. The van der Waals surface area contributed by atoms with Crippen molar-refractivity contribution in [2.75, 3.05) is 26.2 Å². The second-order valence-corrected chi connectivity index (χ2v) is 4.73. The summed E-state index contributed by atoms with van der Waals surface area (Å²) in [5.41, 5.74) is 0. The molecule has 0 spiro atoms. The van der Waals surface area contributed by atoms with Crippen molar-refractivity contribution in [2.45, 2.75) is 25.8 Å². The molecule has 1 fully saturated rings. The van der Waals surface area contributed by atoms with Gasteiger partial charge in [0.25, 0.3) is 0 Å². The number of rotatable bonds is 6. The van der Waals surface area contributed by atoms with E-state index < -0.39 is 5.97 Å². The minimum absolute atomic E-state index is 0.00167. The van der Waals surface area contributed by atoms with E-state index in [9.17, 15) is 4.79 Å². The van der Waals surface area contributed by atoms with Gasteiger partial charge in [-0.1, -0.05) is 0 Å². The SMILES string of the molecule is CC(NCCN1CCCC1)c1ccc(C(=O)O)o1. The summed E-state index contributed by atoms with van der Waals surface area (Å²) in [6.45, 7) is 6.30. The van der Waals surface area contributed by atoms with Crippen LogP contribution in [-0.4, -0.2) is 42.2 Å². The molecule has 2 rings (SSSR count). The Bertz CT molecular complexity index is 397. The third-order valence-corrected chi connectivity index (χ3v) is 3.34. The van der Waals surface area contributed by atoms with Crippen molar-refractivity contribution in [3.63, 3.8) is 0 Å². The number of aromatic carboxylic acids is 1. The average Bonchev–Trinajstić information content (AvgIpc) is 2.99. The Hall–Kier alpha value is -1.33. The molecule has 5 heteroatoms. The van der Waals surface area contributed by atoms with Crippen molar-refractivity contribution >= 4 is 5.97 Å². The summed E-state index contributed by atoms with van der Waals surface area (Å²) >= 11 is 0. The van der Waals surface area contributed by atoms with Crippen LogP contribution < -0.4 is 5.32 Å². The van der Waals surface area contributed by atoms with Gasteiger partial charge < -0.3 is 19.7 Å². The summed E-state index contributed by atoms with van der Waals surface area (Å²) in [4.78, 5) is 13.1. The highest BCUT2D eigenvalue weighted by Gasteiger charge is 2.15. The zero-order valence-electron chi connectivity index (χ0n) is 10.7. The predicted octanol–water partition coefficient (Wildman–Crippen LogP) is 1.72. The fourth-order valence-corrected chi connectivity index (χ4v) is 2.25. The topological polar surface area (TPSA) is 65.7 Å². The Balaban J connectivity index is 1.75. The fraction of sp³-hybridized carbons (Fsp3) is 0.615. The fourth-order valence-electron chi connectivity index (χ4n) is 2.25. The van der Waals surface area contributed by atoms with E-state index in [1.165, 1.54) is 32.0 Å². The molecule has 2 heterocycles. The van der Waals surface area contributed by atoms with E-state index >= 15 is 0 Å². The van der Waals surface area contributed by atoms with Crippen LogP contribution in [0.3, 0.4) is 0 Å². The summed E-state index contributed by atoms with van der Waals surface area (Å²) in [5, 5.41) is 12.1. The summed E-state index contributed by atoms with van der Waals surface area (Å²) in [6, 6.07) is 3.26.